The van der Waals surface area contributed by atoms with E-state index in [1.54, 1.807) is 11.6 Å². The van der Waals surface area contributed by atoms with Crippen molar-refractivity contribution >= 4 is 28.7 Å². The first kappa shape index (κ1) is 19.3. The van der Waals surface area contributed by atoms with E-state index < -0.39 is 0 Å². The smallest absolute Gasteiger partial charge is 0.275 e. The van der Waals surface area contributed by atoms with Crippen LogP contribution in [-0.4, -0.2) is 21.7 Å². The van der Waals surface area contributed by atoms with Crippen LogP contribution in [0, 0.1) is 20.4 Å². The minimum absolute atomic E-state index is 0.363. The van der Waals surface area contributed by atoms with Crippen molar-refractivity contribution in [3.8, 4) is 5.75 Å². The Bertz CT molecular complexity index is 1220. The summed E-state index contributed by atoms with van der Waals surface area (Å²) < 4.78 is 6.78. The van der Waals surface area contributed by atoms with Crippen LogP contribution in [0.15, 0.2) is 54.7 Å². The molecule has 150 valence electrons. The summed E-state index contributed by atoms with van der Waals surface area (Å²) in [6.07, 6.45) is 1.54. The van der Waals surface area contributed by atoms with Gasteiger partial charge in [-0.25, -0.2) is 4.98 Å². The fourth-order valence-electron chi connectivity index (χ4n) is 3.36. The van der Waals surface area contributed by atoms with Crippen LogP contribution >= 0.6 is 0 Å². The van der Waals surface area contributed by atoms with Crippen molar-refractivity contribution in [1.82, 2.24) is 14.6 Å². The van der Waals surface area contributed by atoms with Gasteiger partial charge in [-0.2, -0.15) is 0 Å². The lowest BCUT2D eigenvalue weighted by Crippen LogP contribution is -2.06. The van der Waals surface area contributed by atoms with E-state index in [4.69, 9.17) is 11.3 Å². The van der Waals surface area contributed by atoms with Crippen molar-refractivity contribution in [1.29, 1.82) is 0 Å². The number of anilines is 3. The van der Waals surface area contributed by atoms with E-state index in [0.29, 0.717) is 23.8 Å². The molecule has 0 amide bonds. The minimum Gasteiger partial charge on any atom is -0.497 e. The van der Waals surface area contributed by atoms with Gasteiger partial charge in [0.25, 0.3) is 11.5 Å². The number of hydrogen-bond donors (Lipinski definition) is 2. The van der Waals surface area contributed by atoms with E-state index in [0.717, 1.165) is 22.7 Å². The predicted molar refractivity (Wildman–Crippen MR) is 119 cm³/mol. The Labute approximate surface area is 175 Å². The Kier molecular flexibility index (Phi) is 5.22. The van der Waals surface area contributed by atoms with Crippen LogP contribution in [0.2, 0.25) is 0 Å². The Hall–Kier alpha value is -4.05. The molecule has 7 nitrogen and oxygen atoms in total. The number of nitrogens with zero attached hydrogens (tertiary/aromatic N) is 4. The number of hydrogen-bond acceptors (Lipinski definition) is 5. The zero-order valence-corrected chi connectivity index (χ0v) is 17.1. The van der Waals surface area contributed by atoms with Crippen molar-refractivity contribution in [2.24, 2.45) is 0 Å². The maximum absolute atomic E-state index is 7.41. The topological polar surface area (TPSA) is 67.8 Å². The number of imidazole rings is 1. The molecule has 0 aliphatic rings. The summed E-state index contributed by atoms with van der Waals surface area (Å²) >= 11 is 0. The number of benzene rings is 2. The molecule has 0 fully saturated rings. The highest BCUT2D eigenvalue weighted by Gasteiger charge is 2.15. The first-order chi connectivity index (χ1) is 14.6. The van der Waals surface area contributed by atoms with E-state index in [-0.39, 0.29) is 0 Å². The van der Waals surface area contributed by atoms with Crippen molar-refractivity contribution in [2.45, 2.75) is 20.4 Å². The van der Waals surface area contributed by atoms with Gasteiger partial charge in [-0.15, -0.1) is 4.52 Å². The monoisotopic (exact) mass is 398 g/mol. The largest absolute Gasteiger partial charge is 0.497 e. The first-order valence-electron chi connectivity index (χ1n) is 9.54. The predicted octanol–water partition coefficient (Wildman–Crippen LogP) is 5.26. The lowest BCUT2D eigenvalue weighted by atomic mass is 10.1. The van der Waals surface area contributed by atoms with Gasteiger partial charge in [-0.3, -0.25) is 0 Å². The van der Waals surface area contributed by atoms with Gasteiger partial charge in [0, 0.05) is 18.3 Å². The Morgan fingerprint density at radius 3 is 2.47 bits per heavy atom. The van der Waals surface area contributed by atoms with Crippen LogP contribution in [0.4, 0.5) is 23.0 Å². The standard InChI is InChI=1S/C23H22N6O/c1-15-9-16(2)11-18(10-15)27-21-12-20(23-26-14-22(24-3)29(23)28-21)25-13-17-5-7-19(30-4)8-6-17/h5-12,14,25H,13H2,1-2,4H3,(H,27,28). The molecule has 4 aromatic rings. The van der Waals surface area contributed by atoms with E-state index in [9.17, 15) is 0 Å². The van der Waals surface area contributed by atoms with Crippen molar-refractivity contribution in [3.05, 3.63) is 82.8 Å². The Morgan fingerprint density at radius 2 is 1.80 bits per heavy atom. The fraction of sp³-hybridized carbons (Fsp3) is 0.174. The molecule has 2 aromatic heterocycles. The third kappa shape index (κ3) is 4.03. The van der Waals surface area contributed by atoms with Gasteiger partial charge in [0.15, 0.2) is 5.82 Å². The number of methoxy groups -OCH3 is 1. The second kappa shape index (κ2) is 8.13. The summed E-state index contributed by atoms with van der Waals surface area (Å²) in [6, 6.07) is 16.0. The number of aromatic nitrogens is 3. The van der Waals surface area contributed by atoms with Crippen LogP contribution < -0.4 is 15.4 Å². The second-order valence-electron chi connectivity index (χ2n) is 7.11. The SMILES string of the molecule is [C-]#[N+]c1cnc2c(NCc3ccc(OC)cc3)cc(Nc3cc(C)cc(C)c3)nn12. The van der Waals surface area contributed by atoms with Crippen LogP contribution in [0.3, 0.4) is 0 Å². The summed E-state index contributed by atoms with van der Waals surface area (Å²) in [6.45, 7) is 12.1. The lowest BCUT2D eigenvalue weighted by molar-refractivity contribution is 0.414. The second-order valence-corrected chi connectivity index (χ2v) is 7.11. The highest BCUT2D eigenvalue weighted by atomic mass is 16.5. The maximum Gasteiger partial charge on any atom is 0.275 e. The molecule has 7 heteroatoms. The molecule has 0 radical (unpaired) electrons. The third-order valence-corrected chi connectivity index (χ3v) is 4.70. The quantitative estimate of drug-likeness (QED) is 0.434. The molecule has 2 N–H and O–H groups in total. The number of aryl methyl sites for hydroxylation is 2. The molecule has 0 aliphatic heterocycles. The van der Waals surface area contributed by atoms with Gasteiger partial charge in [0.2, 0.25) is 0 Å². The third-order valence-electron chi connectivity index (χ3n) is 4.70. The summed E-state index contributed by atoms with van der Waals surface area (Å²) in [5, 5.41) is 11.3. The Balaban J connectivity index is 1.67. The van der Waals surface area contributed by atoms with Gasteiger partial charge < -0.3 is 20.2 Å². The number of fused-ring (bicyclic) bond motifs is 1. The molecule has 0 saturated carbocycles. The van der Waals surface area contributed by atoms with Gasteiger partial charge in [0.1, 0.15) is 11.4 Å². The van der Waals surface area contributed by atoms with Gasteiger partial charge >= 0.3 is 0 Å². The molecule has 0 spiro atoms. The zero-order chi connectivity index (χ0) is 21.1. The molecule has 4 rings (SSSR count). The average molecular weight is 398 g/mol. The van der Waals surface area contributed by atoms with Crippen LogP contribution in [0.1, 0.15) is 16.7 Å². The summed E-state index contributed by atoms with van der Waals surface area (Å²) in [5.41, 5.74) is 5.79. The lowest BCUT2D eigenvalue weighted by Gasteiger charge is -2.11. The number of nitrogens with one attached hydrogen (secondary N) is 2. The molecular formula is C23H22N6O. The van der Waals surface area contributed by atoms with E-state index in [1.165, 1.54) is 17.3 Å². The number of rotatable bonds is 6. The van der Waals surface area contributed by atoms with Crippen LogP contribution in [-0.2, 0) is 6.54 Å². The van der Waals surface area contributed by atoms with E-state index in [2.05, 4.69) is 57.6 Å². The minimum atomic E-state index is 0.363. The van der Waals surface area contributed by atoms with Gasteiger partial charge in [0.05, 0.1) is 13.3 Å². The van der Waals surface area contributed by atoms with E-state index >= 15 is 0 Å². The molecule has 2 aromatic carbocycles. The average Bonchev–Trinajstić information content (AvgIpc) is 3.15. The summed E-state index contributed by atoms with van der Waals surface area (Å²) in [4.78, 5) is 7.91. The van der Waals surface area contributed by atoms with Gasteiger partial charge in [-0.1, -0.05) is 29.9 Å². The first-order valence-corrected chi connectivity index (χ1v) is 9.54. The van der Waals surface area contributed by atoms with E-state index in [1.807, 2.05) is 30.3 Å². The molecule has 0 saturated heterocycles. The number of ether oxygens (including phenoxy) is 1. The molecule has 0 unspecified atom stereocenters. The fourth-order valence-corrected chi connectivity index (χ4v) is 3.36. The highest BCUT2D eigenvalue weighted by molar-refractivity contribution is 5.74. The zero-order valence-electron chi connectivity index (χ0n) is 17.1. The summed E-state index contributed by atoms with van der Waals surface area (Å²) in [7, 11) is 1.65. The Morgan fingerprint density at radius 1 is 1.07 bits per heavy atom. The van der Waals surface area contributed by atoms with Crippen molar-refractivity contribution < 1.29 is 4.74 Å². The normalized spacial score (nSPS) is 10.6. The van der Waals surface area contributed by atoms with Gasteiger partial charge in [-0.05, 0) is 54.8 Å². The van der Waals surface area contributed by atoms with Crippen molar-refractivity contribution in [2.75, 3.05) is 17.7 Å². The van der Waals surface area contributed by atoms with Crippen LogP contribution in [0.5, 0.6) is 5.75 Å². The van der Waals surface area contributed by atoms with Crippen molar-refractivity contribution in [3.63, 3.8) is 0 Å². The molecule has 30 heavy (non-hydrogen) atoms. The van der Waals surface area contributed by atoms with Crippen LogP contribution in [0.25, 0.3) is 10.5 Å². The molecule has 2 heterocycles. The maximum atomic E-state index is 7.41. The summed E-state index contributed by atoms with van der Waals surface area (Å²) in [5.74, 6) is 1.81. The molecular weight excluding hydrogens is 376 g/mol. The molecule has 0 atom stereocenters. The molecule has 0 bridgehead atoms. The highest BCUT2D eigenvalue weighted by Crippen LogP contribution is 2.27. The molecule has 0 aliphatic carbocycles.